The first-order chi connectivity index (χ1) is 5.72. The summed E-state index contributed by atoms with van der Waals surface area (Å²) in [5.74, 6) is -2.10. The van der Waals surface area contributed by atoms with Crippen molar-refractivity contribution in [2.45, 2.75) is 25.7 Å². The van der Waals surface area contributed by atoms with Crippen LogP contribution >= 0.6 is 0 Å². The summed E-state index contributed by atoms with van der Waals surface area (Å²) >= 11 is 0. The predicted molar refractivity (Wildman–Crippen MR) is 47.7 cm³/mol. The summed E-state index contributed by atoms with van der Waals surface area (Å²) in [5, 5.41) is 0. The highest BCUT2D eigenvalue weighted by Gasteiger charge is 2.48. The molecule has 0 saturated heterocycles. The summed E-state index contributed by atoms with van der Waals surface area (Å²) in [6.07, 6.45) is 3.43. The van der Waals surface area contributed by atoms with Gasteiger partial charge in [-0.15, -0.1) is 0 Å². The third-order valence-electron chi connectivity index (χ3n) is 2.89. The van der Waals surface area contributed by atoms with E-state index in [0.29, 0.717) is 0 Å². The van der Waals surface area contributed by atoms with Gasteiger partial charge in [0.05, 0.1) is 0 Å². The Morgan fingerprint density at radius 2 is 1.14 bits per heavy atom. The normalized spacial score (nSPS) is 30.4. The maximum atomic E-state index is 11.2. The molecule has 0 aromatic rings. The van der Waals surface area contributed by atoms with E-state index in [-0.39, 0.29) is 22.8 Å². The van der Waals surface area contributed by atoms with Gasteiger partial charge in [0.25, 0.3) is 5.78 Å². The van der Waals surface area contributed by atoms with Crippen LogP contribution in [-0.2, 0) is 14.4 Å². The molecule has 2 atom stereocenters. The van der Waals surface area contributed by atoms with Crippen LogP contribution in [0.25, 0.3) is 0 Å². The van der Waals surface area contributed by atoms with Crippen LogP contribution in [0.1, 0.15) is 25.7 Å². The van der Waals surface area contributed by atoms with Gasteiger partial charge in [-0.2, -0.15) is 0 Å². The molecule has 2 aliphatic rings. The Hall–Kier alpha value is -1.07. The van der Waals surface area contributed by atoms with Crippen molar-refractivity contribution in [2.75, 3.05) is 0 Å². The fraction of sp³-hybridized carbons (Fsp3) is 0.667. The molecule has 5 heteroatoms. The van der Waals surface area contributed by atoms with Crippen LogP contribution in [-0.4, -0.2) is 28.3 Å². The van der Waals surface area contributed by atoms with Crippen molar-refractivity contribution in [1.82, 2.24) is 0 Å². The lowest BCUT2D eigenvalue weighted by atomic mass is 9.81. The standard InChI is InChI=1S/C9H10O3.2H2O/c10-7-5-3-1-2-4-6(5)8(11)9(7)12;;/h5-6H,1-4H2;2*1H2. The molecular weight excluding hydrogens is 188 g/mol. The van der Waals surface area contributed by atoms with E-state index < -0.39 is 17.3 Å². The van der Waals surface area contributed by atoms with Crippen molar-refractivity contribution < 1.29 is 25.3 Å². The SMILES string of the molecule is O.O.O=C1C(=O)C2CCCCC2C1=O. The van der Waals surface area contributed by atoms with Gasteiger partial charge < -0.3 is 11.0 Å². The molecule has 0 heterocycles. The largest absolute Gasteiger partial charge is 0.412 e. The number of Topliss-reactive ketones (excluding diaryl/α,β-unsaturated/α-hetero) is 3. The number of carbonyl (C=O) groups is 3. The van der Waals surface area contributed by atoms with E-state index in [1.165, 1.54) is 0 Å². The van der Waals surface area contributed by atoms with Crippen molar-refractivity contribution in [3.63, 3.8) is 0 Å². The third kappa shape index (κ3) is 1.60. The first kappa shape index (κ1) is 12.9. The van der Waals surface area contributed by atoms with Gasteiger partial charge in [0.15, 0.2) is 0 Å². The Labute approximate surface area is 81.1 Å². The van der Waals surface area contributed by atoms with E-state index in [0.717, 1.165) is 25.7 Å². The zero-order valence-corrected chi connectivity index (χ0v) is 7.71. The van der Waals surface area contributed by atoms with Crippen molar-refractivity contribution in [1.29, 1.82) is 0 Å². The first-order valence-corrected chi connectivity index (χ1v) is 4.34. The quantitative estimate of drug-likeness (QED) is 0.462. The second kappa shape index (κ2) is 4.43. The summed E-state index contributed by atoms with van der Waals surface area (Å²) in [4.78, 5) is 33.3. The zero-order valence-electron chi connectivity index (χ0n) is 7.71. The Morgan fingerprint density at radius 3 is 1.50 bits per heavy atom. The molecule has 4 N–H and O–H groups in total. The van der Waals surface area contributed by atoms with E-state index in [4.69, 9.17) is 0 Å². The van der Waals surface area contributed by atoms with Crippen molar-refractivity contribution in [3.8, 4) is 0 Å². The van der Waals surface area contributed by atoms with Crippen molar-refractivity contribution in [3.05, 3.63) is 0 Å². The van der Waals surface area contributed by atoms with E-state index >= 15 is 0 Å². The van der Waals surface area contributed by atoms with Gasteiger partial charge in [-0.05, 0) is 12.8 Å². The minimum Gasteiger partial charge on any atom is -0.412 e. The zero-order chi connectivity index (χ0) is 8.72. The molecule has 0 bridgehead atoms. The maximum absolute atomic E-state index is 11.2. The van der Waals surface area contributed by atoms with Gasteiger partial charge in [0.1, 0.15) is 0 Å². The Morgan fingerprint density at radius 1 is 0.786 bits per heavy atom. The fourth-order valence-corrected chi connectivity index (χ4v) is 2.22. The summed E-state index contributed by atoms with van der Waals surface area (Å²) in [6, 6.07) is 0. The monoisotopic (exact) mass is 202 g/mol. The Kier molecular flexibility index (Phi) is 4.09. The highest BCUT2D eigenvalue weighted by Crippen LogP contribution is 2.36. The topological polar surface area (TPSA) is 114 Å². The molecule has 0 aromatic heterocycles. The molecule has 2 rings (SSSR count). The molecular formula is C9H14O5. The number of hydrogen-bond donors (Lipinski definition) is 0. The lowest BCUT2D eigenvalue weighted by Gasteiger charge is -2.20. The van der Waals surface area contributed by atoms with Crippen LogP contribution in [0.4, 0.5) is 0 Å². The van der Waals surface area contributed by atoms with E-state index in [9.17, 15) is 14.4 Å². The number of fused-ring (bicyclic) bond motifs is 1. The Balaban J connectivity index is 0.000000845. The number of rotatable bonds is 0. The molecule has 0 amide bonds. The Bertz CT molecular complexity index is 244. The van der Waals surface area contributed by atoms with Gasteiger partial charge in [0.2, 0.25) is 11.6 Å². The van der Waals surface area contributed by atoms with Gasteiger partial charge in [-0.3, -0.25) is 14.4 Å². The molecule has 0 aliphatic heterocycles. The van der Waals surface area contributed by atoms with Crippen LogP contribution < -0.4 is 0 Å². The first-order valence-electron chi connectivity index (χ1n) is 4.34. The maximum Gasteiger partial charge on any atom is 0.264 e. The van der Waals surface area contributed by atoms with Crippen LogP contribution in [0.15, 0.2) is 0 Å². The number of hydrogen-bond acceptors (Lipinski definition) is 3. The average Bonchev–Trinajstić information content (AvgIpc) is 2.33. The lowest BCUT2D eigenvalue weighted by molar-refractivity contribution is -0.141. The molecule has 2 saturated carbocycles. The minimum absolute atomic E-state index is 0. The van der Waals surface area contributed by atoms with Gasteiger partial charge >= 0.3 is 0 Å². The predicted octanol–water partition coefficient (Wildman–Crippen LogP) is -1.14. The smallest absolute Gasteiger partial charge is 0.264 e. The second-order valence-electron chi connectivity index (χ2n) is 3.56. The van der Waals surface area contributed by atoms with Crippen LogP contribution in [0.3, 0.4) is 0 Å². The molecule has 0 radical (unpaired) electrons. The molecule has 2 fully saturated rings. The lowest BCUT2D eigenvalue weighted by Crippen LogP contribution is -2.21. The summed E-state index contributed by atoms with van der Waals surface area (Å²) in [7, 11) is 0. The van der Waals surface area contributed by atoms with Crippen molar-refractivity contribution >= 4 is 17.3 Å². The van der Waals surface area contributed by atoms with Gasteiger partial charge in [-0.25, -0.2) is 0 Å². The van der Waals surface area contributed by atoms with E-state index in [1.807, 2.05) is 0 Å². The summed E-state index contributed by atoms with van der Waals surface area (Å²) < 4.78 is 0. The highest BCUT2D eigenvalue weighted by molar-refractivity contribution is 6.68. The highest BCUT2D eigenvalue weighted by atomic mass is 16.2. The van der Waals surface area contributed by atoms with Gasteiger partial charge in [0, 0.05) is 11.8 Å². The van der Waals surface area contributed by atoms with Crippen LogP contribution in [0.5, 0.6) is 0 Å². The average molecular weight is 202 g/mol. The van der Waals surface area contributed by atoms with Gasteiger partial charge in [-0.1, -0.05) is 12.8 Å². The molecule has 2 aliphatic carbocycles. The van der Waals surface area contributed by atoms with Crippen LogP contribution in [0.2, 0.25) is 0 Å². The second-order valence-corrected chi connectivity index (χ2v) is 3.56. The molecule has 0 spiro atoms. The summed E-state index contributed by atoms with van der Waals surface area (Å²) in [5.41, 5.74) is 0. The van der Waals surface area contributed by atoms with E-state index in [2.05, 4.69) is 0 Å². The summed E-state index contributed by atoms with van der Waals surface area (Å²) in [6.45, 7) is 0. The molecule has 2 unspecified atom stereocenters. The molecule has 5 nitrogen and oxygen atoms in total. The number of carbonyl (C=O) groups excluding carboxylic acids is 3. The third-order valence-corrected chi connectivity index (χ3v) is 2.89. The minimum atomic E-state index is -0.744. The number of ketones is 3. The van der Waals surface area contributed by atoms with Crippen LogP contribution in [0, 0.1) is 11.8 Å². The molecule has 0 aromatic carbocycles. The molecule has 80 valence electrons. The molecule has 14 heavy (non-hydrogen) atoms. The van der Waals surface area contributed by atoms with E-state index in [1.54, 1.807) is 0 Å². The fourth-order valence-electron chi connectivity index (χ4n) is 2.22. The van der Waals surface area contributed by atoms with Crippen molar-refractivity contribution in [2.24, 2.45) is 11.8 Å².